The van der Waals surface area contributed by atoms with Crippen LogP contribution in [0.2, 0.25) is 0 Å². The molecular formula is C16H30N2O3. The lowest BCUT2D eigenvalue weighted by atomic mass is 9.69. The minimum atomic E-state index is -0.839. The topological polar surface area (TPSA) is 72.8 Å². The molecule has 0 radical (unpaired) electrons. The predicted molar refractivity (Wildman–Crippen MR) is 81.5 cm³/mol. The molecule has 1 heterocycles. The SMILES string of the molecule is CC(C)[C@@H]1CC[C@@H](C)C[C@]12N[C@@H](C[C@H](O)CO)C(=O)N2C. The number of nitrogens with one attached hydrogen (secondary N) is 1. The standard InChI is InChI=1S/C16H30N2O3/c1-10(2)13-6-5-11(3)8-16(13)17-14(7-12(20)9-19)15(21)18(16)4/h10-14,17,19-20H,5-9H2,1-4H3/t11-,12+,13+,14+,16-/m1/s1. The van der Waals surface area contributed by atoms with Crippen molar-refractivity contribution in [2.45, 2.75) is 64.3 Å². The molecule has 3 N–H and O–H groups in total. The number of aliphatic hydroxyl groups is 2. The summed E-state index contributed by atoms with van der Waals surface area (Å²) < 4.78 is 0. The first-order valence-electron chi connectivity index (χ1n) is 8.16. The molecule has 5 nitrogen and oxygen atoms in total. The van der Waals surface area contributed by atoms with Crippen molar-refractivity contribution in [2.24, 2.45) is 17.8 Å². The van der Waals surface area contributed by atoms with Crippen LogP contribution in [0.1, 0.15) is 46.5 Å². The van der Waals surface area contributed by atoms with Crippen LogP contribution in [0, 0.1) is 17.8 Å². The van der Waals surface area contributed by atoms with Crippen molar-refractivity contribution in [3.05, 3.63) is 0 Å². The van der Waals surface area contributed by atoms with Crippen LogP contribution in [0.15, 0.2) is 0 Å². The Morgan fingerprint density at radius 3 is 2.67 bits per heavy atom. The van der Waals surface area contributed by atoms with Crippen LogP contribution in [0.3, 0.4) is 0 Å². The Kier molecular flexibility index (Phi) is 4.96. The second kappa shape index (κ2) is 6.23. The molecule has 0 unspecified atom stereocenters. The average Bonchev–Trinajstić information content (AvgIpc) is 2.64. The van der Waals surface area contributed by atoms with Crippen LogP contribution in [-0.4, -0.2) is 52.5 Å². The Morgan fingerprint density at radius 1 is 1.43 bits per heavy atom. The van der Waals surface area contributed by atoms with E-state index in [1.807, 2.05) is 11.9 Å². The van der Waals surface area contributed by atoms with E-state index >= 15 is 0 Å². The molecular weight excluding hydrogens is 268 g/mol. The van der Waals surface area contributed by atoms with Crippen LogP contribution in [0.5, 0.6) is 0 Å². The molecule has 0 aromatic carbocycles. The number of hydrogen-bond donors (Lipinski definition) is 3. The number of nitrogens with zero attached hydrogens (tertiary/aromatic N) is 1. The van der Waals surface area contributed by atoms with E-state index in [0.29, 0.717) is 17.8 Å². The van der Waals surface area contributed by atoms with Crippen LogP contribution >= 0.6 is 0 Å². The third-order valence-electron chi connectivity index (χ3n) is 5.42. The maximum absolute atomic E-state index is 12.6. The molecule has 1 spiro atoms. The van der Waals surface area contributed by atoms with E-state index in [0.717, 1.165) is 12.8 Å². The predicted octanol–water partition coefficient (Wildman–Crippen LogP) is 0.948. The quantitative estimate of drug-likeness (QED) is 0.722. The van der Waals surface area contributed by atoms with Gasteiger partial charge in [-0.15, -0.1) is 0 Å². The molecule has 122 valence electrons. The number of amides is 1. The van der Waals surface area contributed by atoms with Crippen molar-refractivity contribution < 1.29 is 15.0 Å². The lowest BCUT2D eigenvalue weighted by molar-refractivity contribution is -0.134. The summed E-state index contributed by atoms with van der Waals surface area (Å²) in [5.74, 6) is 1.56. The minimum Gasteiger partial charge on any atom is -0.394 e. The van der Waals surface area contributed by atoms with E-state index < -0.39 is 6.10 Å². The lowest BCUT2D eigenvalue weighted by Gasteiger charge is -2.49. The summed E-state index contributed by atoms with van der Waals surface area (Å²) in [6.45, 7) is 6.39. The molecule has 1 aliphatic carbocycles. The van der Waals surface area contributed by atoms with Gasteiger partial charge in [0.05, 0.1) is 24.4 Å². The van der Waals surface area contributed by atoms with E-state index in [1.165, 1.54) is 6.42 Å². The summed E-state index contributed by atoms with van der Waals surface area (Å²) in [5, 5.41) is 22.2. The highest BCUT2D eigenvalue weighted by atomic mass is 16.3. The van der Waals surface area contributed by atoms with Gasteiger partial charge in [-0.05, 0) is 37.0 Å². The first kappa shape index (κ1) is 16.7. The summed E-state index contributed by atoms with van der Waals surface area (Å²) in [5.41, 5.74) is -0.289. The van der Waals surface area contributed by atoms with Gasteiger partial charge in [-0.3, -0.25) is 10.1 Å². The second-order valence-electron chi connectivity index (χ2n) is 7.33. The van der Waals surface area contributed by atoms with Crippen LogP contribution in [0.4, 0.5) is 0 Å². The van der Waals surface area contributed by atoms with Crippen molar-refractivity contribution in [3.8, 4) is 0 Å². The number of likely N-dealkylation sites (N-methyl/N-ethyl adjacent to an activating group) is 1. The number of hydrogen-bond acceptors (Lipinski definition) is 4. The van der Waals surface area contributed by atoms with Gasteiger partial charge < -0.3 is 15.1 Å². The molecule has 0 aromatic heterocycles. The van der Waals surface area contributed by atoms with Crippen molar-refractivity contribution in [1.82, 2.24) is 10.2 Å². The summed E-state index contributed by atoms with van der Waals surface area (Å²) in [6.07, 6.45) is 2.73. The average molecular weight is 298 g/mol. The summed E-state index contributed by atoms with van der Waals surface area (Å²) >= 11 is 0. The fourth-order valence-corrected chi connectivity index (χ4v) is 4.32. The molecule has 0 bridgehead atoms. The Labute approximate surface area is 127 Å². The van der Waals surface area contributed by atoms with E-state index in [9.17, 15) is 9.90 Å². The molecule has 2 fully saturated rings. The largest absolute Gasteiger partial charge is 0.394 e. The summed E-state index contributed by atoms with van der Waals surface area (Å²) in [6, 6.07) is -0.385. The molecule has 1 saturated heterocycles. The second-order valence-corrected chi connectivity index (χ2v) is 7.33. The minimum absolute atomic E-state index is 0.0438. The van der Waals surface area contributed by atoms with E-state index in [4.69, 9.17) is 5.11 Å². The third-order valence-corrected chi connectivity index (χ3v) is 5.42. The van der Waals surface area contributed by atoms with Gasteiger partial charge in [0.1, 0.15) is 0 Å². The van der Waals surface area contributed by atoms with Gasteiger partial charge in [0.15, 0.2) is 0 Å². The fourth-order valence-electron chi connectivity index (χ4n) is 4.32. The Balaban J connectivity index is 2.24. The number of aliphatic hydroxyl groups excluding tert-OH is 2. The van der Waals surface area contributed by atoms with E-state index in [1.54, 1.807) is 0 Å². The number of carbonyl (C=O) groups excluding carboxylic acids is 1. The zero-order chi connectivity index (χ0) is 15.8. The fraction of sp³-hybridized carbons (Fsp3) is 0.938. The molecule has 0 aromatic rings. The van der Waals surface area contributed by atoms with Crippen molar-refractivity contribution in [2.75, 3.05) is 13.7 Å². The highest BCUT2D eigenvalue weighted by molar-refractivity contribution is 5.85. The Hall–Kier alpha value is -0.650. The van der Waals surface area contributed by atoms with Gasteiger partial charge >= 0.3 is 0 Å². The maximum Gasteiger partial charge on any atom is 0.241 e. The van der Waals surface area contributed by atoms with Crippen molar-refractivity contribution >= 4 is 5.91 Å². The molecule has 1 amide bonds. The smallest absolute Gasteiger partial charge is 0.241 e. The van der Waals surface area contributed by atoms with E-state index in [-0.39, 0.29) is 30.6 Å². The highest BCUT2D eigenvalue weighted by Gasteiger charge is 2.55. The number of rotatable bonds is 4. The zero-order valence-corrected chi connectivity index (χ0v) is 13.7. The molecule has 5 heteroatoms. The molecule has 2 rings (SSSR count). The third kappa shape index (κ3) is 2.96. The van der Waals surface area contributed by atoms with Crippen molar-refractivity contribution in [1.29, 1.82) is 0 Å². The van der Waals surface area contributed by atoms with Gasteiger partial charge in [0.2, 0.25) is 5.91 Å². The van der Waals surface area contributed by atoms with Crippen molar-refractivity contribution in [3.63, 3.8) is 0 Å². The molecule has 1 aliphatic heterocycles. The van der Waals surface area contributed by atoms with Gasteiger partial charge in [-0.2, -0.15) is 0 Å². The summed E-state index contributed by atoms with van der Waals surface area (Å²) in [7, 11) is 1.88. The Morgan fingerprint density at radius 2 is 2.10 bits per heavy atom. The molecule has 5 atom stereocenters. The van der Waals surface area contributed by atoms with Gasteiger partial charge in [0.25, 0.3) is 0 Å². The first-order valence-corrected chi connectivity index (χ1v) is 8.16. The summed E-state index contributed by atoms with van der Waals surface area (Å²) in [4.78, 5) is 14.5. The Bertz CT molecular complexity index is 388. The zero-order valence-electron chi connectivity index (χ0n) is 13.7. The molecule has 1 saturated carbocycles. The van der Waals surface area contributed by atoms with E-state index in [2.05, 4.69) is 26.1 Å². The van der Waals surface area contributed by atoms with Crippen LogP contribution < -0.4 is 5.32 Å². The molecule has 21 heavy (non-hydrogen) atoms. The van der Waals surface area contributed by atoms with Crippen LogP contribution in [0.25, 0.3) is 0 Å². The van der Waals surface area contributed by atoms with Crippen LogP contribution in [-0.2, 0) is 4.79 Å². The monoisotopic (exact) mass is 298 g/mol. The maximum atomic E-state index is 12.6. The van der Waals surface area contributed by atoms with Gasteiger partial charge in [-0.25, -0.2) is 0 Å². The normalized spacial score (nSPS) is 38.5. The first-order chi connectivity index (χ1) is 9.81. The highest BCUT2D eigenvalue weighted by Crippen LogP contribution is 2.45. The molecule has 2 aliphatic rings. The lowest BCUT2D eigenvalue weighted by Crippen LogP contribution is -2.60. The van der Waals surface area contributed by atoms with Gasteiger partial charge in [0, 0.05) is 7.05 Å². The van der Waals surface area contributed by atoms with Gasteiger partial charge in [-0.1, -0.05) is 27.2 Å². The number of carbonyl (C=O) groups is 1.